The van der Waals surface area contributed by atoms with Crippen LogP contribution in [0.1, 0.15) is 17.0 Å². The lowest BCUT2D eigenvalue weighted by atomic mass is 10.1. The minimum absolute atomic E-state index is 0.755. The van der Waals surface area contributed by atoms with Crippen molar-refractivity contribution < 1.29 is 0 Å². The summed E-state index contributed by atoms with van der Waals surface area (Å²) in [5.74, 6) is 3.69. The molecule has 0 spiro atoms. The first-order chi connectivity index (χ1) is 13.7. The van der Waals surface area contributed by atoms with Crippen LogP contribution in [-0.2, 0) is 6.54 Å². The fourth-order valence-corrected chi connectivity index (χ4v) is 3.52. The van der Waals surface area contributed by atoms with Crippen LogP contribution >= 0.6 is 0 Å². The van der Waals surface area contributed by atoms with Gasteiger partial charge in [-0.2, -0.15) is 0 Å². The number of hydrogen-bond donors (Lipinski definition) is 1. The van der Waals surface area contributed by atoms with E-state index in [1.807, 2.05) is 25.3 Å². The van der Waals surface area contributed by atoms with Gasteiger partial charge in [-0.3, -0.25) is 0 Å². The van der Waals surface area contributed by atoms with E-state index >= 15 is 0 Å². The molecule has 0 saturated carbocycles. The van der Waals surface area contributed by atoms with Crippen molar-refractivity contribution in [3.63, 3.8) is 0 Å². The van der Waals surface area contributed by atoms with E-state index in [0.717, 1.165) is 56.0 Å². The van der Waals surface area contributed by atoms with Crippen molar-refractivity contribution >= 4 is 17.5 Å². The van der Waals surface area contributed by atoms with Crippen molar-refractivity contribution in [1.29, 1.82) is 0 Å². The third kappa shape index (κ3) is 4.39. The van der Waals surface area contributed by atoms with Gasteiger partial charge >= 0.3 is 0 Å². The molecule has 0 atom stereocenters. The molecule has 0 bridgehead atoms. The van der Waals surface area contributed by atoms with Gasteiger partial charge in [-0.05, 0) is 31.5 Å². The Balaban J connectivity index is 1.41. The van der Waals surface area contributed by atoms with Crippen molar-refractivity contribution in [1.82, 2.24) is 15.0 Å². The van der Waals surface area contributed by atoms with Crippen LogP contribution in [0.2, 0.25) is 0 Å². The Morgan fingerprint density at radius 2 is 1.64 bits per heavy atom. The Morgan fingerprint density at radius 3 is 2.36 bits per heavy atom. The van der Waals surface area contributed by atoms with Crippen LogP contribution in [0, 0.1) is 13.8 Å². The number of nitrogens with zero attached hydrogens (tertiary/aromatic N) is 5. The summed E-state index contributed by atoms with van der Waals surface area (Å²) < 4.78 is 0. The minimum Gasteiger partial charge on any atom is -0.366 e. The molecule has 1 N–H and O–H groups in total. The summed E-state index contributed by atoms with van der Waals surface area (Å²) in [6.45, 7) is 8.53. The first-order valence-electron chi connectivity index (χ1n) is 9.73. The molecular formula is C22H26N6. The van der Waals surface area contributed by atoms with Gasteiger partial charge in [0.05, 0.1) is 0 Å². The SMILES string of the molecule is Cc1cccc(CNc2cc(N3CCN(c4ccccn4)CC3)nc(C)n2)c1. The van der Waals surface area contributed by atoms with Gasteiger partial charge in [0.15, 0.2) is 0 Å². The second-order valence-electron chi connectivity index (χ2n) is 7.16. The van der Waals surface area contributed by atoms with Crippen LogP contribution in [0.3, 0.4) is 0 Å². The van der Waals surface area contributed by atoms with Crippen molar-refractivity contribution in [2.24, 2.45) is 0 Å². The fraction of sp³-hybridized carbons (Fsp3) is 0.318. The highest BCUT2D eigenvalue weighted by Gasteiger charge is 2.19. The number of pyridine rings is 1. The molecule has 1 aromatic carbocycles. The summed E-state index contributed by atoms with van der Waals surface area (Å²) in [5.41, 5.74) is 2.52. The van der Waals surface area contributed by atoms with E-state index in [1.54, 1.807) is 0 Å². The zero-order valence-corrected chi connectivity index (χ0v) is 16.5. The van der Waals surface area contributed by atoms with Crippen molar-refractivity contribution in [2.45, 2.75) is 20.4 Å². The zero-order valence-electron chi connectivity index (χ0n) is 16.5. The number of hydrogen-bond acceptors (Lipinski definition) is 6. The molecule has 1 fully saturated rings. The molecule has 1 aliphatic rings. The predicted molar refractivity (Wildman–Crippen MR) is 114 cm³/mol. The van der Waals surface area contributed by atoms with Gasteiger partial charge in [-0.15, -0.1) is 0 Å². The maximum atomic E-state index is 4.67. The maximum Gasteiger partial charge on any atom is 0.134 e. The summed E-state index contributed by atoms with van der Waals surface area (Å²) in [7, 11) is 0. The summed E-state index contributed by atoms with van der Waals surface area (Å²) in [5, 5.41) is 3.44. The molecule has 4 rings (SSSR count). The largest absolute Gasteiger partial charge is 0.366 e. The lowest BCUT2D eigenvalue weighted by Gasteiger charge is -2.36. The first-order valence-corrected chi connectivity index (χ1v) is 9.73. The van der Waals surface area contributed by atoms with Crippen LogP contribution in [0.25, 0.3) is 0 Å². The Bertz CT molecular complexity index is 919. The average Bonchev–Trinajstić information content (AvgIpc) is 2.73. The predicted octanol–water partition coefficient (Wildman–Crippen LogP) is 3.43. The van der Waals surface area contributed by atoms with Gasteiger partial charge < -0.3 is 15.1 Å². The number of aryl methyl sites for hydroxylation is 2. The van der Waals surface area contributed by atoms with Gasteiger partial charge in [-0.25, -0.2) is 15.0 Å². The Hall–Kier alpha value is -3.15. The standard InChI is InChI=1S/C22H26N6/c1-17-6-5-7-19(14-17)16-24-20-15-22(26-18(2)25-20)28-12-10-27(11-13-28)21-8-3-4-9-23-21/h3-9,14-15H,10-13,16H2,1-2H3,(H,24,25,26). The molecule has 0 amide bonds. The molecule has 6 heteroatoms. The lowest BCUT2D eigenvalue weighted by Crippen LogP contribution is -2.47. The second-order valence-corrected chi connectivity index (χ2v) is 7.16. The van der Waals surface area contributed by atoms with Gasteiger partial charge in [0.2, 0.25) is 0 Å². The van der Waals surface area contributed by atoms with Crippen LogP contribution in [0.5, 0.6) is 0 Å². The van der Waals surface area contributed by atoms with Crippen LogP contribution in [0.15, 0.2) is 54.7 Å². The van der Waals surface area contributed by atoms with Gasteiger partial charge in [0.1, 0.15) is 23.3 Å². The van der Waals surface area contributed by atoms with Gasteiger partial charge in [0.25, 0.3) is 0 Å². The fourth-order valence-electron chi connectivity index (χ4n) is 3.52. The molecule has 28 heavy (non-hydrogen) atoms. The number of anilines is 3. The summed E-state index contributed by atoms with van der Waals surface area (Å²) >= 11 is 0. The quantitative estimate of drug-likeness (QED) is 0.738. The van der Waals surface area contributed by atoms with E-state index < -0.39 is 0 Å². The van der Waals surface area contributed by atoms with Gasteiger partial charge in [0, 0.05) is 45.0 Å². The van der Waals surface area contributed by atoms with E-state index in [0.29, 0.717) is 0 Å². The van der Waals surface area contributed by atoms with Crippen LogP contribution in [-0.4, -0.2) is 41.1 Å². The van der Waals surface area contributed by atoms with Gasteiger partial charge in [-0.1, -0.05) is 35.9 Å². The van der Waals surface area contributed by atoms with Crippen LogP contribution < -0.4 is 15.1 Å². The molecular weight excluding hydrogens is 348 g/mol. The monoisotopic (exact) mass is 374 g/mol. The van der Waals surface area contributed by atoms with E-state index in [4.69, 9.17) is 0 Å². The third-order valence-corrected chi connectivity index (χ3v) is 4.96. The number of nitrogens with one attached hydrogen (secondary N) is 1. The number of aromatic nitrogens is 3. The highest BCUT2D eigenvalue weighted by Crippen LogP contribution is 2.20. The number of piperazine rings is 1. The molecule has 3 aromatic rings. The molecule has 1 aliphatic heterocycles. The molecule has 0 radical (unpaired) electrons. The van der Waals surface area contributed by atoms with E-state index in [-0.39, 0.29) is 0 Å². The zero-order chi connectivity index (χ0) is 19.3. The van der Waals surface area contributed by atoms with Crippen molar-refractivity contribution in [3.8, 4) is 0 Å². The molecule has 144 valence electrons. The number of rotatable bonds is 5. The minimum atomic E-state index is 0.755. The van der Waals surface area contributed by atoms with E-state index in [1.165, 1.54) is 11.1 Å². The highest BCUT2D eigenvalue weighted by atomic mass is 15.3. The highest BCUT2D eigenvalue weighted by molar-refractivity contribution is 5.51. The Morgan fingerprint density at radius 1 is 0.857 bits per heavy atom. The maximum absolute atomic E-state index is 4.67. The van der Waals surface area contributed by atoms with E-state index in [9.17, 15) is 0 Å². The molecule has 3 heterocycles. The topological polar surface area (TPSA) is 57.2 Å². The molecule has 0 unspecified atom stereocenters. The third-order valence-electron chi connectivity index (χ3n) is 4.96. The Kier molecular flexibility index (Phi) is 5.37. The smallest absolute Gasteiger partial charge is 0.134 e. The molecule has 1 saturated heterocycles. The molecule has 6 nitrogen and oxygen atoms in total. The summed E-state index contributed by atoms with van der Waals surface area (Å²) in [6, 6.07) is 16.6. The first kappa shape index (κ1) is 18.2. The summed E-state index contributed by atoms with van der Waals surface area (Å²) in [6.07, 6.45) is 1.85. The summed E-state index contributed by atoms with van der Waals surface area (Å²) in [4.78, 5) is 18.3. The Labute approximate surface area is 166 Å². The van der Waals surface area contributed by atoms with Crippen molar-refractivity contribution in [2.75, 3.05) is 41.3 Å². The second kappa shape index (κ2) is 8.25. The van der Waals surface area contributed by atoms with E-state index in [2.05, 4.69) is 73.4 Å². The molecule has 0 aliphatic carbocycles. The number of benzene rings is 1. The average molecular weight is 374 g/mol. The van der Waals surface area contributed by atoms with Crippen LogP contribution in [0.4, 0.5) is 17.5 Å². The molecule has 2 aromatic heterocycles. The van der Waals surface area contributed by atoms with Crippen molar-refractivity contribution in [3.05, 3.63) is 71.7 Å². The normalized spacial score (nSPS) is 14.2. The lowest BCUT2D eigenvalue weighted by molar-refractivity contribution is 0.640.